The first-order valence-corrected chi connectivity index (χ1v) is 7.40. The molecule has 0 unspecified atom stereocenters. The summed E-state index contributed by atoms with van der Waals surface area (Å²) >= 11 is 0. The van der Waals surface area contributed by atoms with Crippen LogP contribution >= 0.6 is 0 Å². The summed E-state index contributed by atoms with van der Waals surface area (Å²) in [6, 6.07) is 7.70. The van der Waals surface area contributed by atoms with Crippen LogP contribution in [0.1, 0.15) is 42.5 Å². The molecule has 0 aromatic heterocycles. The van der Waals surface area contributed by atoms with Crippen molar-refractivity contribution in [2.24, 2.45) is 0 Å². The highest BCUT2D eigenvalue weighted by atomic mass is 16.1. The third-order valence-corrected chi connectivity index (χ3v) is 3.76. The second-order valence-electron chi connectivity index (χ2n) is 5.56. The van der Waals surface area contributed by atoms with Gasteiger partial charge in [0, 0.05) is 31.9 Å². The smallest absolute Gasteiger partial charge is 0.251 e. The first-order valence-electron chi connectivity index (χ1n) is 7.40. The summed E-state index contributed by atoms with van der Waals surface area (Å²) in [5.74, 6) is 0.0201. The van der Waals surface area contributed by atoms with Crippen LogP contribution in [0.4, 0.5) is 5.69 Å². The Hall–Kier alpha value is -1.77. The van der Waals surface area contributed by atoms with E-state index in [1.54, 1.807) is 0 Å². The van der Waals surface area contributed by atoms with Gasteiger partial charge in [-0.3, -0.25) is 4.79 Å². The average Bonchev–Trinajstić information content (AvgIpc) is 2.48. The summed E-state index contributed by atoms with van der Waals surface area (Å²) in [5.41, 5.74) is 3.33. The third kappa shape index (κ3) is 4.12. The lowest BCUT2D eigenvalue weighted by Gasteiger charge is -2.14. The van der Waals surface area contributed by atoms with Gasteiger partial charge in [-0.05, 0) is 56.4 Å². The normalized spacial score (nSPS) is 14.6. The lowest BCUT2D eigenvalue weighted by molar-refractivity contribution is 0.0954. The topological polar surface area (TPSA) is 32.3 Å². The Morgan fingerprint density at radius 3 is 2.55 bits per heavy atom. The Kier molecular flexibility index (Phi) is 5.22. The predicted molar refractivity (Wildman–Crippen MR) is 84.3 cm³/mol. The van der Waals surface area contributed by atoms with Crippen LogP contribution in [0, 0.1) is 0 Å². The van der Waals surface area contributed by atoms with Crippen molar-refractivity contribution in [3.63, 3.8) is 0 Å². The van der Waals surface area contributed by atoms with E-state index in [9.17, 15) is 4.79 Å². The summed E-state index contributed by atoms with van der Waals surface area (Å²) in [5, 5.41) is 3.00. The van der Waals surface area contributed by atoms with Gasteiger partial charge in [-0.2, -0.15) is 0 Å². The molecule has 0 spiro atoms. The van der Waals surface area contributed by atoms with Crippen LogP contribution in [-0.2, 0) is 0 Å². The molecule has 1 N–H and O–H groups in total. The van der Waals surface area contributed by atoms with Gasteiger partial charge in [-0.1, -0.05) is 11.6 Å². The number of rotatable bonds is 5. The molecule has 0 aliphatic heterocycles. The minimum absolute atomic E-state index is 0.0201. The van der Waals surface area contributed by atoms with Gasteiger partial charge in [0.2, 0.25) is 0 Å². The van der Waals surface area contributed by atoms with Crippen LogP contribution in [-0.4, -0.2) is 26.5 Å². The predicted octanol–water partition coefficient (Wildman–Crippen LogP) is 3.37. The summed E-state index contributed by atoms with van der Waals surface area (Å²) in [6.45, 7) is 0.736. The van der Waals surface area contributed by atoms with Gasteiger partial charge in [0.1, 0.15) is 0 Å². The van der Waals surface area contributed by atoms with Gasteiger partial charge in [0.25, 0.3) is 5.91 Å². The van der Waals surface area contributed by atoms with E-state index in [0.29, 0.717) is 0 Å². The number of nitrogens with one attached hydrogen (secondary N) is 1. The minimum atomic E-state index is 0.0201. The fourth-order valence-electron chi connectivity index (χ4n) is 2.48. The molecule has 3 nitrogen and oxygen atoms in total. The maximum Gasteiger partial charge on any atom is 0.251 e. The van der Waals surface area contributed by atoms with Gasteiger partial charge in [0.15, 0.2) is 0 Å². The van der Waals surface area contributed by atoms with Gasteiger partial charge in [0.05, 0.1) is 0 Å². The molecule has 1 aliphatic rings. The monoisotopic (exact) mass is 272 g/mol. The number of amides is 1. The number of hydrogen-bond acceptors (Lipinski definition) is 2. The van der Waals surface area contributed by atoms with E-state index in [4.69, 9.17) is 0 Å². The summed E-state index contributed by atoms with van der Waals surface area (Å²) < 4.78 is 0. The van der Waals surface area contributed by atoms with Crippen molar-refractivity contribution in [3.05, 3.63) is 41.5 Å². The molecule has 2 rings (SSSR count). The SMILES string of the molecule is CN(C)c1ccc(C(=O)NCCC2=CCCCC2)cc1. The standard InChI is InChI=1S/C17H24N2O/c1-19(2)16-10-8-15(9-11-16)17(20)18-13-12-14-6-4-3-5-7-14/h6,8-11H,3-5,7,12-13H2,1-2H3,(H,18,20). The van der Waals surface area contributed by atoms with Gasteiger partial charge >= 0.3 is 0 Å². The highest BCUT2D eigenvalue weighted by Gasteiger charge is 2.07. The zero-order valence-corrected chi connectivity index (χ0v) is 12.5. The average molecular weight is 272 g/mol. The van der Waals surface area contributed by atoms with E-state index in [1.165, 1.54) is 31.3 Å². The highest BCUT2D eigenvalue weighted by Crippen LogP contribution is 2.19. The van der Waals surface area contributed by atoms with E-state index in [-0.39, 0.29) is 5.91 Å². The quantitative estimate of drug-likeness (QED) is 0.833. The number of nitrogens with zero attached hydrogens (tertiary/aromatic N) is 1. The summed E-state index contributed by atoms with van der Waals surface area (Å²) in [7, 11) is 3.99. The van der Waals surface area contributed by atoms with Crippen molar-refractivity contribution in [2.75, 3.05) is 25.5 Å². The Labute approximate surface area is 121 Å². The van der Waals surface area contributed by atoms with Gasteiger partial charge < -0.3 is 10.2 Å². The molecule has 1 amide bonds. The molecule has 20 heavy (non-hydrogen) atoms. The molecular formula is C17H24N2O. The number of hydrogen-bond donors (Lipinski definition) is 1. The molecule has 0 atom stereocenters. The maximum atomic E-state index is 12.0. The molecule has 0 bridgehead atoms. The van der Waals surface area contributed by atoms with Crippen molar-refractivity contribution in [2.45, 2.75) is 32.1 Å². The molecular weight excluding hydrogens is 248 g/mol. The Morgan fingerprint density at radius 1 is 1.20 bits per heavy atom. The van der Waals surface area contributed by atoms with Crippen molar-refractivity contribution < 1.29 is 4.79 Å². The summed E-state index contributed by atoms with van der Waals surface area (Å²) in [6.07, 6.45) is 8.34. The number of carbonyl (C=O) groups is 1. The van der Waals surface area contributed by atoms with Crippen LogP contribution in [0.2, 0.25) is 0 Å². The van der Waals surface area contributed by atoms with E-state index in [0.717, 1.165) is 24.2 Å². The zero-order chi connectivity index (χ0) is 14.4. The van der Waals surface area contributed by atoms with Crippen molar-refractivity contribution in [3.8, 4) is 0 Å². The second kappa shape index (κ2) is 7.13. The Bertz CT molecular complexity index is 474. The lowest BCUT2D eigenvalue weighted by Crippen LogP contribution is -2.25. The molecule has 108 valence electrons. The first-order chi connectivity index (χ1) is 9.66. The van der Waals surface area contributed by atoms with Crippen LogP contribution in [0.15, 0.2) is 35.9 Å². The molecule has 1 aliphatic carbocycles. The molecule has 1 aromatic rings. The number of carbonyl (C=O) groups excluding carboxylic acids is 1. The van der Waals surface area contributed by atoms with Crippen LogP contribution in [0.5, 0.6) is 0 Å². The van der Waals surface area contributed by atoms with Crippen molar-refractivity contribution >= 4 is 11.6 Å². The number of allylic oxidation sites excluding steroid dienone is 1. The van der Waals surface area contributed by atoms with E-state index < -0.39 is 0 Å². The molecule has 1 aromatic carbocycles. The zero-order valence-electron chi connectivity index (χ0n) is 12.5. The van der Waals surface area contributed by atoms with Crippen LogP contribution < -0.4 is 10.2 Å². The van der Waals surface area contributed by atoms with Crippen LogP contribution in [0.25, 0.3) is 0 Å². The number of benzene rings is 1. The summed E-state index contributed by atoms with van der Waals surface area (Å²) in [4.78, 5) is 14.0. The molecule has 0 heterocycles. The third-order valence-electron chi connectivity index (χ3n) is 3.76. The maximum absolute atomic E-state index is 12.0. The second-order valence-corrected chi connectivity index (χ2v) is 5.56. The van der Waals surface area contributed by atoms with Crippen molar-refractivity contribution in [1.29, 1.82) is 0 Å². The number of anilines is 1. The molecule has 0 saturated heterocycles. The lowest BCUT2D eigenvalue weighted by atomic mass is 9.97. The van der Waals surface area contributed by atoms with E-state index in [1.807, 2.05) is 43.3 Å². The van der Waals surface area contributed by atoms with E-state index in [2.05, 4.69) is 11.4 Å². The van der Waals surface area contributed by atoms with Gasteiger partial charge in [-0.25, -0.2) is 0 Å². The largest absolute Gasteiger partial charge is 0.378 e. The molecule has 0 saturated carbocycles. The fourth-order valence-corrected chi connectivity index (χ4v) is 2.48. The van der Waals surface area contributed by atoms with Gasteiger partial charge in [-0.15, -0.1) is 0 Å². The van der Waals surface area contributed by atoms with E-state index >= 15 is 0 Å². The molecule has 0 fully saturated rings. The Morgan fingerprint density at radius 2 is 1.95 bits per heavy atom. The highest BCUT2D eigenvalue weighted by molar-refractivity contribution is 5.94. The first kappa shape index (κ1) is 14.6. The molecule has 3 heteroatoms. The Balaban J connectivity index is 1.80. The minimum Gasteiger partial charge on any atom is -0.378 e. The molecule has 0 radical (unpaired) electrons. The van der Waals surface area contributed by atoms with Crippen molar-refractivity contribution in [1.82, 2.24) is 5.32 Å². The fraction of sp³-hybridized carbons (Fsp3) is 0.471. The van der Waals surface area contributed by atoms with Crippen LogP contribution in [0.3, 0.4) is 0 Å².